The smallest absolute Gasteiger partial charge is 0.0827 e. The van der Waals surface area contributed by atoms with Crippen molar-refractivity contribution in [1.82, 2.24) is 0 Å². The van der Waals surface area contributed by atoms with E-state index in [0.29, 0.717) is 5.92 Å². The molecule has 1 unspecified atom stereocenters. The molecule has 1 rings (SSSR count). The van der Waals surface area contributed by atoms with E-state index in [1.54, 1.807) is 0 Å². The molecule has 1 aliphatic rings. The van der Waals surface area contributed by atoms with Crippen LogP contribution in [0.1, 0.15) is 27.7 Å². The third kappa shape index (κ3) is 1.47. The van der Waals surface area contributed by atoms with Crippen molar-refractivity contribution in [2.75, 3.05) is 0 Å². The second-order valence-electron chi connectivity index (χ2n) is 3.64. The molecule has 0 aromatic carbocycles. The van der Waals surface area contributed by atoms with Crippen LogP contribution in [-0.4, -0.2) is 4.08 Å². The van der Waals surface area contributed by atoms with E-state index in [2.05, 4.69) is 59.0 Å². The molecule has 0 heterocycles. The molecule has 68 valence electrons. The van der Waals surface area contributed by atoms with E-state index in [-0.39, 0.29) is 4.08 Å². The lowest BCUT2D eigenvalue weighted by molar-refractivity contribution is 0.641. The fraction of sp³-hybridized carbons (Fsp3) is 0.600. The van der Waals surface area contributed by atoms with Gasteiger partial charge in [0.1, 0.15) is 0 Å². The zero-order valence-corrected chi connectivity index (χ0v) is 9.84. The summed E-state index contributed by atoms with van der Waals surface area (Å²) in [5.74, 6) is 0.410. The molecule has 0 radical (unpaired) electrons. The van der Waals surface area contributed by atoms with Crippen LogP contribution in [0, 0.1) is 5.92 Å². The molecule has 0 spiro atoms. The van der Waals surface area contributed by atoms with E-state index in [0.717, 1.165) is 0 Å². The van der Waals surface area contributed by atoms with Crippen molar-refractivity contribution in [2.24, 2.45) is 5.92 Å². The van der Waals surface area contributed by atoms with Crippen LogP contribution in [0.25, 0.3) is 0 Å². The predicted octanol–water partition coefficient (Wildman–Crippen LogP) is 3.47. The highest BCUT2D eigenvalue weighted by Crippen LogP contribution is 2.44. The highest BCUT2D eigenvalue weighted by atomic mass is 32.2. The van der Waals surface area contributed by atoms with Gasteiger partial charge < -0.3 is 0 Å². The molecule has 0 aromatic rings. The van der Waals surface area contributed by atoms with Crippen LogP contribution >= 0.6 is 25.3 Å². The minimum absolute atomic E-state index is 0.261. The molecule has 0 aromatic heterocycles. The summed E-state index contributed by atoms with van der Waals surface area (Å²) in [6.45, 7) is 8.53. The molecule has 0 aliphatic heterocycles. The van der Waals surface area contributed by atoms with Crippen LogP contribution in [0.4, 0.5) is 0 Å². The topological polar surface area (TPSA) is 0 Å². The lowest BCUT2D eigenvalue weighted by Crippen LogP contribution is -2.29. The van der Waals surface area contributed by atoms with Crippen molar-refractivity contribution in [3.05, 3.63) is 22.8 Å². The standard InChI is InChI=1S/C10H16S2/c1-6-5-7(2)9(4)10(11,12)8(6)3/h5,8,11-12H,1-4H3. The minimum Gasteiger partial charge on any atom is -0.157 e. The van der Waals surface area contributed by atoms with Gasteiger partial charge in [-0.2, -0.15) is 25.3 Å². The Morgan fingerprint density at radius 3 is 2.25 bits per heavy atom. The van der Waals surface area contributed by atoms with Crippen LogP contribution in [0.15, 0.2) is 22.8 Å². The van der Waals surface area contributed by atoms with E-state index in [1.807, 2.05) is 0 Å². The van der Waals surface area contributed by atoms with Crippen molar-refractivity contribution in [3.63, 3.8) is 0 Å². The fourth-order valence-electron chi connectivity index (χ4n) is 1.51. The summed E-state index contributed by atoms with van der Waals surface area (Å²) in [4.78, 5) is 0. The van der Waals surface area contributed by atoms with Crippen LogP contribution in [0.3, 0.4) is 0 Å². The maximum Gasteiger partial charge on any atom is 0.0827 e. The Bertz CT molecular complexity index is 259. The van der Waals surface area contributed by atoms with Gasteiger partial charge in [0, 0.05) is 5.92 Å². The summed E-state index contributed by atoms with van der Waals surface area (Å²) in [5.41, 5.74) is 3.94. The molecule has 0 bridgehead atoms. The lowest BCUT2D eigenvalue weighted by atomic mass is 9.85. The summed E-state index contributed by atoms with van der Waals surface area (Å²) in [7, 11) is 0. The van der Waals surface area contributed by atoms with E-state index < -0.39 is 0 Å². The highest BCUT2D eigenvalue weighted by Gasteiger charge is 2.34. The summed E-state index contributed by atoms with van der Waals surface area (Å²) >= 11 is 9.18. The van der Waals surface area contributed by atoms with Crippen molar-refractivity contribution in [1.29, 1.82) is 0 Å². The van der Waals surface area contributed by atoms with Gasteiger partial charge in [0.2, 0.25) is 0 Å². The second kappa shape index (κ2) is 3.15. The first-order chi connectivity index (χ1) is 5.37. The molecule has 0 saturated carbocycles. The molecule has 1 atom stereocenters. The SMILES string of the molecule is CC1=CC(C)=C(C)C(S)(S)C1C. The maximum atomic E-state index is 4.59. The largest absolute Gasteiger partial charge is 0.157 e. The van der Waals surface area contributed by atoms with Gasteiger partial charge in [0.05, 0.1) is 4.08 Å². The van der Waals surface area contributed by atoms with Gasteiger partial charge in [-0.05, 0) is 26.3 Å². The van der Waals surface area contributed by atoms with Gasteiger partial charge in [0.15, 0.2) is 0 Å². The molecular formula is C10H16S2. The predicted molar refractivity (Wildman–Crippen MR) is 62.0 cm³/mol. The van der Waals surface area contributed by atoms with Gasteiger partial charge in [0.25, 0.3) is 0 Å². The number of hydrogen-bond donors (Lipinski definition) is 2. The summed E-state index contributed by atoms with van der Waals surface area (Å²) in [6.07, 6.45) is 2.23. The first-order valence-corrected chi connectivity index (χ1v) is 5.07. The Balaban J connectivity index is 3.18. The minimum atomic E-state index is -0.261. The molecule has 0 amide bonds. The first kappa shape index (κ1) is 10.3. The maximum absolute atomic E-state index is 4.59. The Hall–Kier alpha value is 0.180. The molecule has 0 nitrogen and oxygen atoms in total. The summed E-state index contributed by atoms with van der Waals surface area (Å²) < 4.78 is -0.261. The highest BCUT2D eigenvalue weighted by molar-refractivity contribution is 8.01. The molecule has 12 heavy (non-hydrogen) atoms. The van der Waals surface area contributed by atoms with Crippen molar-refractivity contribution in [2.45, 2.75) is 31.8 Å². The number of allylic oxidation sites excluding steroid dienone is 3. The number of hydrogen-bond acceptors (Lipinski definition) is 2. The van der Waals surface area contributed by atoms with E-state index >= 15 is 0 Å². The van der Waals surface area contributed by atoms with Crippen LogP contribution < -0.4 is 0 Å². The van der Waals surface area contributed by atoms with Crippen LogP contribution in [-0.2, 0) is 0 Å². The van der Waals surface area contributed by atoms with Gasteiger partial charge in [-0.25, -0.2) is 0 Å². The van der Waals surface area contributed by atoms with Gasteiger partial charge in [-0.3, -0.25) is 0 Å². The van der Waals surface area contributed by atoms with Crippen molar-refractivity contribution < 1.29 is 0 Å². The third-order valence-corrected chi connectivity index (χ3v) is 4.32. The van der Waals surface area contributed by atoms with E-state index in [9.17, 15) is 0 Å². The first-order valence-electron chi connectivity index (χ1n) is 4.18. The quantitative estimate of drug-likeness (QED) is 0.434. The number of rotatable bonds is 0. The van der Waals surface area contributed by atoms with Crippen LogP contribution in [0.2, 0.25) is 0 Å². The van der Waals surface area contributed by atoms with Crippen molar-refractivity contribution >= 4 is 25.3 Å². The van der Waals surface area contributed by atoms with Crippen LogP contribution in [0.5, 0.6) is 0 Å². The second-order valence-corrected chi connectivity index (χ2v) is 5.41. The zero-order chi connectivity index (χ0) is 9.52. The molecule has 2 heteroatoms. The van der Waals surface area contributed by atoms with Gasteiger partial charge in [-0.15, -0.1) is 0 Å². The van der Waals surface area contributed by atoms with E-state index in [4.69, 9.17) is 0 Å². The molecular weight excluding hydrogens is 184 g/mol. The number of thiol groups is 2. The lowest BCUT2D eigenvalue weighted by Gasteiger charge is -2.36. The summed E-state index contributed by atoms with van der Waals surface area (Å²) in [6, 6.07) is 0. The molecule has 0 N–H and O–H groups in total. The monoisotopic (exact) mass is 200 g/mol. The van der Waals surface area contributed by atoms with Crippen molar-refractivity contribution in [3.8, 4) is 0 Å². The third-order valence-electron chi connectivity index (χ3n) is 2.87. The molecule has 0 fully saturated rings. The fourth-order valence-corrected chi connectivity index (χ4v) is 2.27. The molecule has 1 aliphatic carbocycles. The molecule has 0 saturated heterocycles. The summed E-state index contributed by atoms with van der Waals surface area (Å²) in [5, 5.41) is 0. The average molecular weight is 200 g/mol. The van der Waals surface area contributed by atoms with Gasteiger partial charge >= 0.3 is 0 Å². The normalized spacial score (nSPS) is 28.8. The Morgan fingerprint density at radius 2 is 1.75 bits per heavy atom. The Kier molecular flexibility index (Phi) is 2.69. The van der Waals surface area contributed by atoms with E-state index in [1.165, 1.54) is 16.7 Å². The zero-order valence-electron chi connectivity index (χ0n) is 8.05. The Morgan fingerprint density at radius 1 is 1.25 bits per heavy atom. The van der Waals surface area contributed by atoms with Gasteiger partial charge in [-0.1, -0.05) is 24.1 Å². The Labute approximate surface area is 85.9 Å². The average Bonchev–Trinajstić information content (AvgIpc) is 1.99.